The van der Waals surface area contributed by atoms with Crippen molar-refractivity contribution in [3.63, 3.8) is 0 Å². The zero-order chi connectivity index (χ0) is 22.4. The number of nitrogens with one attached hydrogen (secondary N) is 1. The van der Waals surface area contributed by atoms with Crippen LogP contribution in [0.1, 0.15) is 16.7 Å². The Morgan fingerprint density at radius 2 is 1.61 bits per heavy atom. The number of methoxy groups -OCH3 is 3. The Bertz CT molecular complexity index is 1040. The van der Waals surface area contributed by atoms with Gasteiger partial charge in [-0.1, -0.05) is 17.8 Å². The fourth-order valence-corrected chi connectivity index (χ4v) is 4.09. The number of aryl methyl sites for hydroxylation is 2. The number of hydrogen-bond acceptors (Lipinski definition) is 6. The zero-order valence-electron chi connectivity index (χ0n) is 18.4. The third-order valence-corrected chi connectivity index (χ3v) is 5.65. The minimum atomic E-state index is -0.100. The van der Waals surface area contributed by atoms with Crippen LogP contribution in [-0.2, 0) is 11.3 Å². The first kappa shape index (κ1) is 22.6. The molecule has 0 unspecified atom stereocenters. The van der Waals surface area contributed by atoms with Gasteiger partial charge in [-0.25, -0.2) is 4.98 Å². The van der Waals surface area contributed by atoms with Crippen molar-refractivity contribution in [2.75, 3.05) is 27.1 Å². The summed E-state index contributed by atoms with van der Waals surface area (Å²) >= 11 is 1.39. The normalized spacial score (nSPS) is 10.6. The summed E-state index contributed by atoms with van der Waals surface area (Å²) in [6.07, 6.45) is 3.65. The molecular weight excluding hydrogens is 414 g/mol. The number of imidazole rings is 1. The molecule has 164 valence electrons. The molecule has 8 heteroatoms. The van der Waals surface area contributed by atoms with Crippen molar-refractivity contribution in [3.8, 4) is 22.9 Å². The van der Waals surface area contributed by atoms with E-state index in [-0.39, 0.29) is 11.7 Å². The van der Waals surface area contributed by atoms with Crippen LogP contribution in [0.15, 0.2) is 47.9 Å². The van der Waals surface area contributed by atoms with E-state index in [4.69, 9.17) is 14.2 Å². The predicted molar refractivity (Wildman–Crippen MR) is 122 cm³/mol. The SMILES string of the molecule is COc1cc(OC)c(OC)cc1CNC(=O)CSc1nccn1-c1cc(C)cc(C)c1. The van der Waals surface area contributed by atoms with Crippen LogP contribution in [0.4, 0.5) is 0 Å². The maximum absolute atomic E-state index is 12.5. The van der Waals surface area contributed by atoms with E-state index < -0.39 is 0 Å². The molecule has 1 amide bonds. The predicted octanol–water partition coefficient (Wildman–Crippen LogP) is 3.92. The third kappa shape index (κ3) is 5.52. The van der Waals surface area contributed by atoms with Crippen LogP contribution in [0.25, 0.3) is 5.69 Å². The van der Waals surface area contributed by atoms with Gasteiger partial charge in [-0.3, -0.25) is 9.36 Å². The van der Waals surface area contributed by atoms with Crippen LogP contribution in [0.3, 0.4) is 0 Å². The quantitative estimate of drug-likeness (QED) is 0.507. The highest BCUT2D eigenvalue weighted by atomic mass is 32.2. The lowest BCUT2D eigenvalue weighted by atomic mass is 10.1. The Kier molecular flexibility index (Phi) is 7.46. The molecule has 1 aromatic heterocycles. The molecule has 0 spiro atoms. The van der Waals surface area contributed by atoms with Crippen molar-refractivity contribution < 1.29 is 19.0 Å². The standard InChI is InChI=1S/C23H27N3O4S/c1-15-8-16(2)10-18(9-15)26-7-6-24-23(26)31-14-22(27)25-13-17-11-20(29-4)21(30-5)12-19(17)28-3/h6-12H,13-14H2,1-5H3,(H,25,27). The van der Waals surface area contributed by atoms with Gasteiger partial charge in [-0.2, -0.15) is 0 Å². The van der Waals surface area contributed by atoms with Gasteiger partial charge in [0, 0.05) is 36.3 Å². The molecule has 0 saturated heterocycles. The summed E-state index contributed by atoms with van der Waals surface area (Å²) in [5, 5.41) is 3.70. The summed E-state index contributed by atoms with van der Waals surface area (Å²) in [5.74, 6) is 1.92. The fraction of sp³-hybridized carbons (Fsp3) is 0.304. The Morgan fingerprint density at radius 1 is 0.968 bits per heavy atom. The minimum Gasteiger partial charge on any atom is -0.496 e. The first-order valence-electron chi connectivity index (χ1n) is 9.75. The van der Waals surface area contributed by atoms with Crippen LogP contribution >= 0.6 is 11.8 Å². The average Bonchev–Trinajstić information content (AvgIpc) is 3.23. The van der Waals surface area contributed by atoms with E-state index >= 15 is 0 Å². The van der Waals surface area contributed by atoms with Crippen molar-refractivity contribution in [2.45, 2.75) is 25.5 Å². The van der Waals surface area contributed by atoms with Gasteiger partial charge in [0.05, 0.1) is 27.1 Å². The second-order valence-electron chi connectivity index (χ2n) is 7.01. The molecule has 1 N–H and O–H groups in total. The first-order valence-corrected chi connectivity index (χ1v) is 10.7. The van der Waals surface area contributed by atoms with E-state index in [0.29, 0.717) is 23.8 Å². The molecule has 3 aromatic rings. The number of nitrogens with zero attached hydrogens (tertiary/aromatic N) is 2. The molecule has 0 fully saturated rings. The highest BCUT2D eigenvalue weighted by Crippen LogP contribution is 2.34. The number of carbonyl (C=O) groups excluding carboxylic acids is 1. The summed E-state index contributed by atoms with van der Waals surface area (Å²) in [5.41, 5.74) is 4.20. The monoisotopic (exact) mass is 441 g/mol. The van der Waals surface area contributed by atoms with Gasteiger partial charge in [-0.05, 0) is 43.2 Å². The summed E-state index contributed by atoms with van der Waals surface area (Å²) in [7, 11) is 4.72. The Morgan fingerprint density at radius 3 is 2.26 bits per heavy atom. The van der Waals surface area contributed by atoms with Gasteiger partial charge in [0.15, 0.2) is 16.7 Å². The van der Waals surface area contributed by atoms with Crippen LogP contribution < -0.4 is 19.5 Å². The third-order valence-electron chi connectivity index (χ3n) is 4.69. The van der Waals surface area contributed by atoms with Crippen molar-refractivity contribution >= 4 is 17.7 Å². The number of thioether (sulfide) groups is 1. The molecule has 0 radical (unpaired) electrons. The highest BCUT2D eigenvalue weighted by Gasteiger charge is 2.14. The second-order valence-corrected chi connectivity index (χ2v) is 7.95. The number of ether oxygens (including phenoxy) is 3. The molecule has 0 aliphatic rings. The summed E-state index contributed by atoms with van der Waals surface area (Å²) in [6, 6.07) is 9.88. The molecule has 0 atom stereocenters. The van der Waals surface area contributed by atoms with Crippen LogP contribution in [0, 0.1) is 13.8 Å². The van der Waals surface area contributed by atoms with E-state index in [1.54, 1.807) is 39.7 Å². The van der Waals surface area contributed by atoms with E-state index in [9.17, 15) is 4.79 Å². The number of amides is 1. The molecule has 7 nitrogen and oxygen atoms in total. The summed E-state index contributed by atoms with van der Waals surface area (Å²) < 4.78 is 18.1. The number of hydrogen-bond donors (Lipinski definition) is 1. The molecule has 3 rings (SSSR count). The van der Waals surface area contributed by atoms with E-state index in [1.807, 2.05) is 10.8 Å². The van der Waals surface area contributed by atoms with Gasteiger partial charge in [-0.15, -0.1) is 0 Å². The number of rotatable bonds is 9. The van der Waals surface area contributed by atoms with Gasteiger partial charge in [0.25, 0.3) is 0 Å². The van der Waals surface area contributed by atoms with Crippen molar-refractivity contribution in [2.24, 2.45) is 0 Å². The van der Waals surface area contributed by atoms with Crippen LogP contribution in [0.5, 0.6) is 17.2 Å². The number of aromatic nitrogens is 2. The second kappa shape index (κ2) is 10.3. The molecule has 0 bridgehead atoms. The smallest absolute Gasteiger partial charge is 0.230 e. The maximum atomic E-state index is 12.5. The first-order chi connectivity index (χ1) is 14.9. The van der Waals surface area contributed by atoms with Crippen LogP contribution in [-0.4, -0.2) is 42.5 Å². The van der Waals surface area contributed by atoms with Gasteiger partial charge >= 0.3 is 0 Å². The lowest BCUT2D eigenvalue weighted by molar-refractivity contribution is -0.118. The number of carbonyl (C=O) groups is 1. The summed E-state index contributed by atoms with van der Waals surface area (Å²) in [4.78, 5) is 16.9. The Labute approximate surface area is 186 Å². The zero-order valence-corrected chi connectivity index (χ0v) is 19.2. The van der Waals surface area contributed by atoms with Crippen molar-refractivity contribution in [1.82, 2.24) is 14.9 Å². The molecule has 31 heavy (non-hydrogen) atoms. The molecule has 0 aliphatic heterocycles. The van der Waals surface area contributed by atoms with Crippen molar-refractivity contribution in [1.29, 1.82) is 0 Å². The average molecular weight is 442 g/mol. The minimum absolute atomic E-state index is 0.100. The van der Waals surface area contributed by atoms with E-state index in [2.05, 4.69) is 42.3 Å². The van der Waals surface area contributed by atoms with Gasteiger partial charge in [0.1, 0.15) is 5.75 Å². The summed E-state index contributed by atoms with van der Waals surface area (Å²) in [6.45, 7) is 4.45. The largest absolute Gasteiger partial charge is 0.496 e. The topological polar surface area (TPSA) is 74.6 Å². The van der Waals surface area contributed by atoms with E-state index in [1.165, 1.54) is 22.9 Å². The van der Waals surface area contributed by atoms with E-state index in [0.717, 1.165) is 16.4 Å². The Hall–Kier alpha value is -3.13. The molecular formula is C23H27N3O4S. The van der Waals surface area contributed by atoms with Gasteiger partial charge < -0.3 is 19.5 Å². The highest BCUT2D eigenvalue weighted by molar-refractivity contribution is 7.99. The Balaban J connectivity index is 1.64. The molecule has 2 aromatic carbocycles. The molecule has 0 saturated carbocycles. The lowest BCUT2D eigenvalue weighted by Crippen LogP contribution is -2.25. The maximum Gasteiger partial charge on any atom is 0.230 e. The fourth-order valence-electron chi connectivity index (χ4n) is 3.29. The van der Waals surface area contributed by atoms with Gasteiger partial charge in [0.2, 0.25) is 5.91 Å². The molecule has 0 aliphatic carbocycles. The van der Waals surface area contributed by atoms with Crippen molar-refractivity contribution in [3.05, 3.63) is 59.4 Å². The lowest BCUT2D eigenvalue weighted by Gasteiger charge is -2.14. The number of benzene rings is 2. The molecule has 1 heterocycles. The van der Waals surface area contributed by atoms with Crippen LogP contribution in [0.2, 0.25) is 0 Å².